The molecule has 1 rings (SSSR count). The van der Waals surface area contributed by atoms with Crippen molar-refractivity contribution in [2.45, 2.75) is 362 Å². The van der Waals surface area contributed by atoms with E-state index in [1.165, 1.54) is 426 Å². The number of rotatable bonds is 65. The number of hydrogen-bond acceptors (Lipinski definition) is 5. The molecule has 1 aliphatic heterocycles. The summed E-state index contributed by atoms with van der Waals surface area (Å²) in [6.45, 7) is 31.1. The largest absolute Gasteiger partial charge is 0.302 e. The fraction of sp³-hybridized carbons (Fsp3) is 1.00. The van der Waals surface area contributed by atoms with Crippen LogP contribution < -0.4 is 0 Å². The Labute approximate surface area is 482 Å². The average Bonchev–Trinajstić information content (AvgIpc) is 3.43. The van der Waals surface area contributed by atoms with E-state index in [4.69, 9.17) is 0 Å². The average molecular weight is 1070 g/mol. The molecule has 76 heavy (non-hydrogen) atoms. The summed E-state index contributed by atoms with van der Waals surface area (Å²) in [4.78, 5) is 14.4. The smallest absolute Gasteiger partial charge is 0.0110 e. The van der Waals surface area contributed by atoms with Crippen LogP contribution in [0.25, 0.3) is 0 Å². The second-order valence-corrected chi connectivity index (χ2v) is 25.5. The second-order valence-electron chi connectivity index (χ2n) is 25.5. The van der Waals surface area contributed by atoms with Crippen molar-refractivity contribution in [3.8, 4) is 0 Å². The van der Waals surface area contributed by atoms with Crippen LogP contribution in [-0.4, -0.2) is 123 Å². The molecule has 0 bridgehead atoms. The summed E-state index contributed by atoms with van der Waals surface area (Å²) in [5, 5.41) is 0. The van der Waals surface area contributed by atoms with E-state index in [0.29, 0.717) is 0 Å². The summed E-state index contributed by atoms with van der Waals surface area (Å²) >= 11 is 0. The highest BCUT2D eigenvalue weighted by Crippen LogP contribution is 2.17. The Morgan fingerprint density at radius 1 is 0.171 bits per heavy atom. The molecule has 1 saturated heterocycles. The predicted octanol–water partition coefficient (Wildman–Crippen LogP) is 21.5. The molecular formula is C71H147N5. The molecular weight excluding hydrogens is 923 g/mol. The van der Waals surface area contributed by atoms with Crippen molar-refractivity contribution in [1.29, 1.82) is 0 Å². The molecule has 0 spiro atoms. The van der Waals surface area contributed by atoms with E-state index < -0.39 is 0 Å². The zero-order valence-electron chi connectivity index (χ0n) is 53.9. The monoisotopic (exact) mass is 1070 g/mol. The van der Waals surface area contributed by atoms with Crippen molar-refractivity contribution in [2.75, 3.05) is 98.2 Å². The maximum absolute atomic E-state index is 2.93. The van der Waals surface area contributed by atoms with Gasteiger partial charge in [-0.15, -0.1) is 0 Å². The van der Waals surface area contributed by atoms with E-state index >= 15 is 0 Å². The van der Waals surface area contributed by atoms with E-state index in [2.05, 4.69) is 59.1 Å². The number of unbranched alkanes of at least 4 members (excludes halogenated alkanes) is 46. The second kappa shape index (κ2) is 62.4. The van der Waals surface area contributed by atoms with Gasteiger partial charge in [-0.2, -0.15) is 0 Å². The number of nitrogens with zero attached hydrogens (tertiary/aromatic N) is 5. The van der Waals surface area contributed by atoms with Crippen LogP contribution >= 0.6 is 0 Å². The third-order valence-corrected chi connectivity index (χ3v) is 18.1. The van der Waals surface area contributed by atoms with Crippen molar-refractivity contribution < 1.29 is 0 Å². The van der Waals surface area contributed by atoms with Gasteiger partial charge in [-0.1, -0.05) is 330 Å². The molecule has 456 valence electrons. The van der Waals surface area contributed by atoms with Gasteiger partial charge in [0.1, 0.15) is 0 Å². The zero-order chi connectivity index (χ0) is 54.6. The first-order valence-electron chi connectivity index (χ1n) is 36.3. The maximum atomic E-state index is 2.93. The van der Waals surface area contributed by atoms with Gasteiger partial charge in [0.05, 0.1) is 0 Å². The Morgan fingerprint density at radius 2 is 0.316 bits per heavy atom. The van der Waals surface area contributed by atoms with Crippen LogP contribution in [0.1, 0.15) is 362 Å². The lowest BCUT2D eigenvalue weighted by molar-refractivity contribution is 0.104. The predicted molar refractivity (Wildman–Crippen MR) is 346 cm³/mol. The first-order valence-corrected chi connectivity index (χ1v) is 36.3. The highest BCUT2D eigenvalue weighted by molar-refractivity contribution is 4.76. The molecule has 0 radical (unpaired) electrons. The maximum Gasteiger partial charge on any atom is 0.0110 e. The van der Waals surface area contributed by atoms with Crippen LogP contribution in [0, 0.1) is 0 Å². The van der Waals surface area contributed by atoms with Gasteiger partial charge in [0.25, 0.3) is 0 Å². The van der Waals surface area contributed by atoms with Gasteiger partial charge >= 0.3 is 0 Å². The van der Waals surface area contributed by atoms with Crippen molar-refractivity contribution in [3.63, 3.8) is 0 Å². The van der Waals surface area contributed by atoms with Crippen LogP contribution in [-0.2, 0) is 0 Å². The van der Waals surface area contributed by atoms with E-state index in [1.54, 1.807) is 0 Å². The minimum Gasteiger partial charge on any atom is -0.302 e. The Balaban J connectivity index is 2.72. The fourth-order valence-corrected chi connectivity index (χ4v) is 12.4. The highest BCUT2D eigenvalue weighted by Gasteiger charge is 2.19. The molecule has 0 unspecified atom stereocenters. The van der Waals surface area contributed by atoms with Gasteiger partial charge in [-0.3, -0.25) is 9.80 Å². The molecule has 0 N–H and O–H groups in total. The highest BCUT2D eigenvalue weighted by atomic mass is 15.3. The number of piperazine rings is 1. The van der Waals surface area contributed by atoms with Gasteiger partial charge < -0.3 is 14.7 Å². The summed E-state index contributed by atoms with van der Waals surface area (Å²) in [7, 11) is 0. The Bertz CT molecular complexity index is 1020. The Morgan fingerprint density at radius 3 is 0.500 bits per heavy atom. The normalized spacial score (nSPS) is 13.7. The lowest BCUT2D eigenvalue weighted by atomic mass is 10.1. The summed E-state index contributed by atoms with van der Waals surface area (Å²) in [6, 6.07) is 0. The molecule has 0 aromatic heterocycles. The molecule has 0 amide bonds. The first kappa shape index (κ1) is 73.8. The van der Waals surface area contributed by atoms with Crippen molar-refractivity contribution in [1.82, 2.24) is 24.5 Å². The third kappa shape index (κ3) is 53.1. The van der Waals surface area contributed by atoms with Crippen LogP contribution in [0.5, 0.6) is 0 Å². The summed E-state index contributed by atoms with van der Waals surface area (Å²) in [5.74, 6) is 0. The van der Waals surface area contributed by atoms with E-state index in [1.807, 2.05) is 0 Å². The Hall–Kier alpha value is -0.200. The van der Waals surface area contributed by atoms with Gasteiger partial charge in [0.15, 0.2) is 0 Å². The fourth-order valence-electron chi connectivity index (χ4n) is 12.4. The summed E-state index contributed by atoms with van der Waals surface area (Å²) in [5.41, 5.74) is 0. The lowest BCUT2D eigenvalue weighted by Gasteiger charge is -2.37. The molecule has 5 heteroatoms. The Kier molecular flexibility index (Phi) is 60.6. The summed E-state index contributed by atoms with van der Waals surface area (Å²) < 4.78 is 0. The quantitative estimate of drug-likeness (QED) is 0.0563. The van der Waals surface area contributed by atoms with Crippen molar-refractivity contribution >= 4 is 0 Å². The zero-order valence-corrected chi connectivity index (χ0v) is 53.9. The topological polar surface area (TPSA) is 16.2 Å². The molecule has 5 nitrogen and oxygen atoms in total. The third-order valence-electron chi connectivity index (χ3n) is 18.1. The van der Waals surface area contributed by atoms with Gasteiger partial charge in [0.2, 0.25) is 0 Å². The van der Waals surface area contributed by atoms with Crippen molar-refractivity contribution in [2.24, 2.45) is 0 Å². The lowest BCUT2D eigenvalue weighted by Crippen LogP contribution is -2.50. The van der Waals surface area contributed by atoms with Crippen LogP contribution in [0.4, 0.5) is 0 Å². The molecule has 0 atom stereocenters. The van der Waals surface area contributed by atoms with Crippen LogP contribution in [0.2, 0.25) is 0 Å². The molecule has 1 fully saturated rings. The van der Waals surface area contributed by atoms with Gasteiger partial charge in [-0.25, -0.2) is 0 Å². The van der Waals surface area contributed by atoms with Crippen molar-refractivity contribution in [3.05, 3.63) is 0 Å². The SMILES string of the molecule is CCCCCCCCCCCCCN(CCCCCCCCCCCC)CCN1CCN(CCN(CCCCCCCCCCCC)CCN(CCCCCCCCCCCC)CCCCCCCCCCCC)CC1. The molecule has 0 aromatic rings. The minimum absolute atomic E-state index is 1.27. The molecule has 0 saturated carbocycles. The van der Waals surface area contributed by atoms with Gasteiger partial charge in [0, 0.05) is 65.4 Å². The van der Waals surface area contributed by atoms with E-state index in [9.17, 15) is 0 Å². The van der Waals surface area contributed by atoms with E-state index in [-0.39, 0.29) is 0 Å². The van der Waals surface area contributed by atoms with Crippen LogP contribution in [0.15, 0.2) is 0 Å². The molecule has 1 heterocycles. The summed E-state index contributed by atoms with van der Waals surface area (Å²) in [6.07, 6.45) is 73.5. The standard InChI is InChI=1S/C71H147N5/c1-6-11-16-21-26-31-36-41-45-50-55-60-73(59-54-49-44-39-34-29-24-19-14-9-4)63-66-75-68-70-76(71-69-75)67-65-74(61-56-51-46-40-35-30-25-20-15-10-5)64-62-72(57-52-47-42-37-32-27-22-17-12-7-2)58-53-48-43-38-33-28-23-18-13-8-3/h6-71H2,1-5H3. The number of hydrogen-bond donors (Lipinski definition) is 0. The molecule has 0 aromatic carbocycles. The molecule has 0 aliphatic carbocycles. The molecule has 1 aliphatic rings. The minimum atomic E-state index is 1.27. The van der Waals surface area contributed by atoms with Gasteiger partial charge in [-0.05, 0) is 64.8 Å². The first-order chi connectivity index (χ1) is 37.7. The van der Waals surface area contributed by atoms with Crippen LogP contribution in [0.3, 0.4) is 0 Å². The van der Waals surface area contributed by atoms with E-state index in [0.717, 1.165) is 0 Å².